The van der Waals surface area contributed by atoms with Gasteiger partial charge in [0.05, 0.1) is 22.8 Å². The monoisotopic (exact) mass is 588 g/mol. The number of unbranched alkanes of at least 4 members (excludes halogenated alkanes) is 7. The molecule has 0 spiro atoms. The first-order valence-corrected chi connectivity index (χ1v) is 16.4. The predicted molar refractivity (Wildman–Crippen MR) is 176 cm³/mol. The molecule has 40 heavy (non-hydrogen) atoms. The molecule has 0 aromatic heterocycles. The summed E-state index contributed by atoms with van der Waals surface area (Å²) in [5, 5.41) is 0. The van der Waals surface area contributed by atoms with Crippen molar-refractivity contribution >= 4 is 22.8 Å². The topological polar surface area (TPSA) is 24.7 Å². The Morgan fingerprint density at radius 2 is 0.925 bits per heavy atom. The Morgan fingerprint density at radius 1 is 0.500 bits per heavy atom. The Labute approximate surface area is 257 Å². The third-order valence-corrected chi connectivity index (χ3v) is 7.82. The van der Waals surface area contributed by atoms with E-state index in [4.69, 9.17) is 9.98 Å². The van der Waals surface area contributed by atoms with Gasteiger partial charge in [-0.1, -0.05) is 91.7 Å². The van der Waals surface area contributed by atoms with Gasteiger partial charge in [0, 0.05) is 16.5 Å². The van der Waals surface area contributed by atoms with E-state index in [1.165, 1.54) is 112 Å². The van der Waals surface area contributed by atoms with Gasteiger partial charge in [0.25, 0.3) is 0 Å². The van der Waals surface area contributed by atoms with Crippen LogP contribution in [0.3, 0.4) is 0 Å². The SMILES string of the molecule is CCCCCCC(=Nc1ccc(CCCC)c(CCCC)c1)C(C)=Nc1ccc(CCCC)c(CCCC)c1.[Ni]. The molecule has 2 aromatic carbocycles. The van der Waals surface area contributed by atoms with Crippen molar-refractivity contribution in [2.24, 2.45) is 9.98 Å². The minimum Gasteiger partial charge on any atom is -0.252 e. The van der Waals surface area contributed by atoms with Crippen molar-refractivity contribution in [1.29, 1.82) is 0 Å². The second kappa shape index (κ2) is 21.9. The zero-order valence-electron chi connectivity index (χ0n) is 26.7. The minimum absolute atomic E-state index is 0. The summed E-state index contributed by atoms with van der Waals surface area (Å²) in [6.45, 7) is 13.6. The third kappa shape index (κ3) is 13.3. The van der Waals surface area contributed by atoms with Crippen molar-refractivity contribution in [3.8, 4) is 0 Å². The maximum atomic E-state index is 5.26. The number of nitrogens with zero attached hydrogens (tertiary/aromatic N) is 2. The molecular weight excluding hydrogens is 531 g/mol. The number of benzene rings is 2. The Kier molecular flexibility index (Phi) is 19.9. The van der Waals surface area contributed by atoms with Crippen LogP contribution in [0.5, 0.6) is 0 Å². The van der Waals surface area contributed by atoms with Crippen molar-refractivity contribution in [3.05, 3.63) is 58.7 Å². The molecule has 2 rings (SSSR count). The molecule has 0 aliphatic rings. The molecule has 0 atom stereocenters. The molecular formula is C37H58N2Ni. The van der Waals surface area contributed by atoms with Gasteiger partial charge in [-0.25, -0.2) is 0 Å². The van der Waals surface area contributed by atoms with Crippen LogP contribution in [-0.2, 0) is 42.2 Å². The fraction of sp³-hybridized carbons (Fsp3) is 0.622. The quantitative estimate of drug-likeness (QED) is 0.0834. The number of hydrogen-bond acceptors (Lipinski definition) is 2. The van der Waals surface area contributed by atoms with E-state index in [-0.39, 0.29) is 16.5 Å². The molecule has 226 valence electrons. The fourth-order valence-corrected chi connectivity index (χ4v) is 5.24. The molecule has 0 unspecified atom stereocenters. The number of hydrogen-bond donors (Lipinski definition) is 0. The fourth-order valence-electron chi connectivity index (χ4n) is 5.24. The van der Waals surface area contributed by atoms with Gasteiger partial charge in [-0.2, -0.15) is 0 Å². The van der Waals surface area contributed by atoms with E-state index in [0.29, 0.717) is 0 Å². The molecule has 2 nitrogen and oxygen atoms in total. The van der Waals surface area contributed by atoms with Crippen LogP contribution < -0.4 is 0 Å². The van der Waals surface area contributed by atoms with Gasteiger partial charge in [-0.15, -0.1) is 0 Å². The van der Waals surface area contributed by atoms with Gasteiger partial charge in [0.2, 0.25) is 0 Å². The second-order valence-electron chi connectivity index (χ2n) is 11.4. The second-order valence-corrected chi connectivity index (χ2v) is 11.4. The van der Waals surface area contributed by atoms with Crippen molar-refractivity contribution in [3.63, 3.8) is 0 Å². The summed E-state index contributed by atoms with van der Waals surface area (Å²) in [6.07, 6.45) is 20.6. The van der Waals surface area contributed by atoms with E-state index in [9.17, 15) is 0 Å². The molecule has 0 saturated heterocycles. The largest absolute Gasteiger partial charge is 0.252 e. The summed E-state index contributed by atoms with van der Waals surface area (Å²) in [4.78, 5) is 10.4. The Hall–Kier alpha value is -1.73. The Morgan fingerprint density at radius 3 is 1.38 bits per heavy atom. The Balaban J connectivity index is 0.00000800. The first-order valence-electron chi connectivity index (χ1n) is 16.4. The van der Waals surface area contributed by atoms with Crippen molar-refractivity contribution in [2.45, 2.75) is 151 Å². The molecule has 0 heterocycles. The molecule has 2 aromatic rings. The van der Waals surface area contributed by atoms with Crippen LogP contribution in [0.25, 0.3) is 0 Å². The van der Waals surface area contributed by atoms with Gasteiger partial charge in [0.1, 0.15) is 0 Å². The summed E-state index contributed by atoms with van der Waals surface area (Å²) in [6, 6.07) is 13.9. The zero-order valence-corrected chi connectivity index (χ0v) is 27.7. The van der Waals surface area contributed by atoms with Gasteiger partial charge < -0.3 is 0 Å². The van der Waals surface area contributed by atoms with E-state index in [1.54, 1.807) is 0 Å². The van der Waals surface area contributed by atoms with Crippen molar-refractivity contribution in [1.82, 2.24) is 0 Å². The van der Waals surface area contributed by atoms with E-state index in [2.05, 4.69) is 77.9 Å². The predicted octanol–water partition coefficient (Wildman–Crippen LogP) is 11.9. The summed E-state index contributed by atoms with van der Waals surface area (Å²) in [7, 11) is 0. The smallest absolute Gasteiger partial charge is 0.0636 e. The van der Waals surface area contributed by atoms with E-state index in [0.717, 1.165) is 42.1 Å². The molecule has 0 fully saturated rings. The van der Waals surface area contributed by atoms with Crippen molar-refractivity contribution < 1.29 is 16.5 Å². The normalized spacial score (nSPS) is 12.1. The molecule has 0 aliphatic heterocycles. The summed E-state index contributed by atoms with van der Waals surface area (Å²) in [5.74, 6) is 0. The number of rotatable bonds is 20. The van der Waals surface area contributed by atoms with Crippen LogP contribution in [0.15, 0.2) is 46.4 Å². The van der Waals surface area contributed by atoms with Crippen LogP contribution >= 0.6 is 0 Å². The summed E-state index contributed by atoms with van der Waals surface area (Å²) < 4.78 is 0. The average molecular weight is 590 g/mol. The molecule has 0 amide bonds. The number of aryl methyl sites for hydroxylation is 4. The van der Waals surface area contributed by atoms with Crippen LogP contribution in [0.2, 0.25) is 0 Å². The molecule has 0 saturated carbocycles. The average Bonchev–Trinajstić information content (AvgIpc) is 2.95. The van der Waals surface area contributed by atoms with Crippen LogP contribution in [0.1, 0.15) is 147 Å². The van der Waals surface area contributed by atoms with E-state index in [1.807, 2.05) is 0 Å². The van der Waals surface area contributed by atoms with Gasteiger partial charge in [-0.05, 0) is 118 Å². The first kappa shape index (κ1) is 36.3. The zero-order chi connectivity index (χ0) is 28.3. The molecule has 0 N–H and O–H groups in total. The molecule has 3 heteroatoms. The Bertz CT molecular complexity index is 1020. The maximum Gasteiger partial charge on any atom is 0.0636 e. The maximum absolute atomic E-state index is 5.26. The third-order valence-electron chi connectivity index (χ3n) is 7.82. The van der Waals surface area contributed by atoms with Gasteiger partial charge in [0.15, 0.2) is 0 Å². The molecule has 0 radical (unpaired) electrons. The molecule has 0 aliphatic carbocycles. The summed E-state index contributed by atoms with van der Waals surface area (Å²) >= 11 is 0. The van der Waals surface area contributed by atoms with Crippen molar-refractivity contribution in [2.75, 3.05) is 0 Å². The van der Waals surface area contributed by atoms with E-state index < -0.39 is 0 Å². The van der Waals surface area contributed by atoms with Crippen LogP contribution in [-0.4, -0.2) is 11.4 Å². The standard InChI is InChI=1S/C37H58N2.Ni/c1-7-12-17-18-23-37(39-36-27-25-32(20-14-9-3)34(29-36)22-16-11-5)30(6)38-35-26-24-31(19-13-8-2)33(28-35)21-15-10-4;/h24-29H,7-23H2,1-6H3;. The first-order chi connectivity index (χ1) is 19.1. The van der Waals surface area contributed by atoms with Gasteiger partial charge in [-0.3, -0.25) is 9.98 Å². The summed E-state index contributed by atoms with van der Waals surface area (Å²) in [5.41, 5.74) is 10.4. The molecule has 0 bridgehead atoms. The van der Waals surface area contributed by atoms with Crippen LogP contribution in [0, 0.1) is 0 Å². The number of aliphatic imine (C=N–C) groups is 2. The van der Waals surface area contributed by atoms with Crippen LogP contribution in [0.4, 0.5) is 11.4 Å². The minimum atomic E-state index is 0. The van der Waals surface area contributed by atoms with E-state index >= 15 is 0 Å². The van der Waals surface area contributed by atoms with Gasteiger partial charge >= 0.3 is 0 Å².